The summed E-state index contributed by atoms with van der Waals surface area (Å²) in [5.41, 5.74) is 3.20. The number of carbonyl (C=O) groups is 2. The second kappa shape index (κ2) is 11.7. The number of aryl methyl sites for hydroxylation is 1. The molecule has 1 aliphatic heterocycles. The maximum Gasteiger partial charge on any atom is 0.309 e. The van der Waals surface area contributed by atoms with Crippen molar-refractivity contribution < 1.29 is 18.7 Å². The van der Waals surface area contributed by atoms with E-state index in [-0.39, 0.29) is 46.1 Å². The normalized spacial score (nSPS) is 17.1. The summed E-state index contributed by atoms with van der Waals surface area (Å²) < 4.78 is 20.9. The minimum Gasteiger partial charge on any atom is -0.469 e. The van der Waals surface area contributed by atoms with Crippen LogP contribution in [-0.4, -0.2) is 38.5 Å². The summed E-state index contributed by atoms with van der Waals surface area (Å²) in [4.78, 5) is 51.0. The van der Waals surface area contributed by atoms with Gasteiger partial charge < -0.3 is 15.0 Å². The molecule has 0 fully saturated rings. The number of esters is 1. The molecule has 0 radical (unpaired) electrons. The molecule has 11 heteroatoms. The predicted octanol–water partition coefficient (Wildman–Crippen LogP) is 5.46. The van der Waals surface area contributed by atoms with Crippen LogP contribution in [0, 0.1) is 18.7 Å². The fraction of sp³-hybridized carbons (Fsp3) is 0.300. The lowest BCUT2D eigenvalue weighted by Gasteiger charge is -2.20. The summed E-state index contributed by atoms with van der Waals surface area (Å²) in [7, 11) is 1.33. The van der Waals surface area contributed by atoms with Crippen molar-refractivity contribution in [1.29, 1.82) is 0 Å². The van der Waals surface area contributed by atoms with Crippen LogP contribution < -0.4 is 10.9 Å². The van der Waals surface area contributed by atoms with Crippen molar-refractivity contribution in [3.63, 3.8) is 0 Å². The van der Waals surface area contributed by atoms with Crippen molar-refractivity contribution in [2.75, 3.05) is 12.4 Å². The average Bonchev–Trinajstić information content (AvgIpc) is 3.33. The number of aromatic amines is 1. The summed E-state index contributed by atoms with van der Waals surface area (Å²) >= 11 is 5.93. The second-order valence-electron chi connectivity index (χ2n) is 10.2. The van der Waals surface area contributed by atoms with E-state index < -0.39 is 11.9 Å². The van der Waals surface area contributed by atoms with Crippen molar-refractivity contribution >= 4 is 29.2 Å². The van der Waals surface area contributed by atoms with Crippen LogP contribution in [0.15, 0.2) is 53.6 Å². The number of hydrogen-bond donors (Lipinski definition) is 2. The highest BCUT2D eigenvalue weighted by Gasteiger charge is 2.26. The first-order chi connectivity index (χ1) is 19.7. The van der Waals surface area contributed by atoms with Gasteiger partial charge in [-0.2, -0.15) is 0 Å². The number of carbonyl (C=O) groups excluding carboxylic acids is 2. The number of benzene rings is 2. The zero-order valence-electron chi connectivity index (χ0n) is 22.8. The van der Waals surface area contributed by atoms with Crippen LogP contribution in [0.4, 0.5) is 10.1 Å². The molecule has 3 heterocycles. The van der Waals surface area contributed by atoms with E-state index in [2.05, 4.69) is 15.3 Å². The summed E-state index contributed by atoms with van der Waals surface area (Å²) in [5.74, 6) is -0.928. The Bertz CT molecular complexity index is 1700. The van der Waals surface area contributed by atoms with Crippen molar-refractivity contribution in [3.8, 4) is 22.5 Å². The lowest BCUT2D eigenvalue weighted by molar-refractivity contribution is -0.139. The third kappa shape index (κ3) is 5.78. The SMILES string of the molecule is COC(=O)Cc1ccc2c(c1)NC(=O)[C@H](C)CCC[C@H](n1cnc(-c3cccc(Cl)c3F)cc1=O)c1nc-2c(C)[nH]1. The number of rotatable bonds is 4. The average molecular weight is 578 g/mol. The van der Waals surface area contributed by atoms with E-state index in [9.17, 15) is 18.8 Å². The molecular formula is C30H29ClFN5O4. The number of methoxy groups -OCH3 is 1. The number of aromatic nitrogens is 4. The molecule has 4 aromatic rings. The largest absolute Gasteiger partial charge is 0.469 e. The Morgan fingerprint density at radius 2 is 1.98 bits per heavy atom. The van der Waals surface area contributed by atoms with E-state index in [1.165, 1.54) is 36.2 Å². The topological polar surface area (TPSA) is 119 Å². The molecule has 1 aliphatic rings. The van der Waals surface area contributed by atoms with E-state index in [4.69, 9.17) is 21.3 Å². The fourth-order valence-corrected chi connectivity index (χ4v) is 5.23. The number of fused-ring (bicyclic) bond motifs is 4. The Labute approximate surface area is 240 Å². The van der Waals surface area contributed by atoms with Gasteiger partial charge in [-0.3, -0.25) is 19.0 Å². The zero-order valence-corrected chi connectivity index (χ0v) is 23.6. The van der Waals surface area contributed by atoms with Crippen LogP contribution in [0.2, 0.25) is 5.02 Å². The van der Waals surface area contributed by atoms with E-state index in [1.54, 1.807) is 18.2 Å². The first-order valence-corrected chi connectivity index (χ1v) is 13.6. The molecule has 1 amide bonds. The van der Waals surface area contributed by atoms with Gasteiger partial charge in [0.25, 0.3) is 5.56 Å². The van der Waals surface area contributed by atoms with E-state index >= 15 is 0 Å². The molecule has 0 unspecified atom stereocenters. The zero-order chi connectivity index (χ0) is 29.3. The van der Waals surface area contributed by atoms with Gasteiger partial charge in [0.2, 0.25) is 5.91 Å². The maximum atomic E-state index is 14.6. The Balaban J connectivity index is 1.58. The van der Waals surface area contributed by atoms with Crippen molar-refractivity contribution in [1.82, 2.24) is 19.5 Å². The number of halogens is 2. The van der Waals surface area contributed by atoms with Crippen molar-refractivity contribution in [2.24, 2.45) is 5.92 Å². The van der Waals surface area contributed by atoms with Gasteiger partial charge in [0.05, 0.1) is 48.0 Å². The molecule has 212 valence electrons. The van der Waals surface area contributed by atoms with Gasteiger partial charge in [-0.15, -0.1) is 0 Å². The lowest BCUT2D eigenvalue weighted by Crippen LogP contribution is -2.27. The maximum absolute atomic E-state index is 14.6. The first-order valence-electron chi connectivity index (χ1n) is 13.3. The minimum atomic E-state index is -0.642. The molecule has 0 aliphatic carbocycles. The molecule has 5 rings (SSSR count). The minimum absolute atomic E-state index is 0.0535. The second-order valence-corrected chi connectivity index (χ2v) is 10.6. The molecule has 2 bridgehead atoms. The van der Waals surface area contributed by atoms with Gasteiger partial charge in [-0.25, -0.2) is 14.4 Å². The molecular weight excluding hydrogens is 549 g/mol. The third-order valence-corrected chi connectivity index (χ3v) is 7.65. The van der Waals surface area contributed by atoms with Crippen LogP contribution in [0.3, 0.4) is 0 Å². The van der Waals surface area contributed by atoms with Gasteiger partial charge in [0.15, 0.2) is 5.82 Å². The van der Waals surface area contributed by atoms with E-state index in [1.807, 2.05) is 19.9 Å². The molecule has 9 nitrogen and oxygen atoms in total. The van der Waals surface area contributed by atoms with Crippen LogP contribution in [0.5, 0.6) is 0 Å². The molecule has 2 atom stereocenters. The summed E-state index contributed by atoms with van der Waals surface area (Å²) in [6.45, 7) is 3.72. The molecule has 0 saturated heterocycles. The predicted molar refractivity (Wildman–Crippen MR) is 153 cm³/mol. The number of amides is 1. The monoisotopic (exact) mass is 577 g/mol. The highest BCUT2D eigenvalue weighted by Crippen LogP contribution is 2.34. The van der Waals surface area contributed by atoms with E-state index in [0.717, 1.165) is 5.69 Å². The lowest BCUT2D eigenvalue weighted by atomic mass is 9.98. The van der Waals surface area contributed by atoms with Crippen molar-refractivity contribution in [3.05, 3.63) is 87.1 Å². The van der Waals surface area contributed by atoms with Gasteiger partial charge in [0.1, 0.15) is 5.82 Å². The number of nitrogens with one attached hydrogen (secondary N) is 2. The molecule has 0 saturated carbocycles. The highest BCUT2D eigenvalue weighted by molar-refractivity contribution is 6.31. The number of anilines is 1. The fourth-order valence-electron chi connectivity index (χ4n) is 5.06. The molecule has 41 heavy (non-hydrogen) atoms. The number of H-pyrrole nitrogens is 1. The Hall–Kier alpha value is -4.31. The van der Waals surface area contributed by atoms with Crippen LogP contribution >= 0.6 is 11.6 Å². The number of imidazole rings is 1. The quantitative estimate of drug-likeness (QED) is 0.311. The molecule has 2 aromatic heterocycles. The first kappa shape index (κ1) is 28.2. The highest BCUT2D eigenvalue weighted by atomic mass is 35.5. The van der Waals surface area contributed by atoms with E-state index in [0.29, 0.717) is 47.6 Å². The van der Waals surface area contributed by atoms with Gasteiger partial charge in [-0.05, 0) is 43.5 Å². The third-order valence-electron chi connectivity index (χ3n) is 7.35. The van der Waals surface area contributed by atoms with Crippen molar-refractivity contribution in [2.45, 2.75) is 45.6 Å². The smallest absolute Gasteiger partial charge is 0.309 e. The summed E-state index contributed by atoms with van der Waals surface area (Å²) in [5, 5.41) is 2.96. The number of nitrogens with zero attached hydrogens (tertiary/aromatic N) is 3. The molecule has 2 N–H and O–H groups in total. The Morgan fingerprint density at radius 3 is 2.73 bits per heavy atom. The van der Waals surface area contributed by atoms with Gasteiger partial charge in [-0.1, -0.05) is 43.1 Å². The summed E-state index contributed by atoms with van der Waals surface area (Å²) in [6.07, 6.45) is 3.17. The molecule has 2 aromatic carbocycles. The number of hydrogen-bond acceptors (Lipinski definition) is 6. The molecule has 0 spiro atoms. The van der Waals surface area contributed by atoms with Gasteiger partial charge >= 0.3 is 5.97 Å². The Morgan fingerprint density at radius 1 is 1.17 bits per heavy atom. The van der Waals surface area contributed by atoms with Crippen LogP contribution in [-0.2, 0) is 20.7 Å². The number of ether oxygens (including phenoxy) is 1. The van der Waals surface area contributed by atoms with Crippen LogP contribution in [0.1, 0.15) is 49.3 Å². The Kier molecular flexibility index (Phi) is 8.03. The van der Waals surface area contributed by atoms with Crippen LogP contribution in [0.25, 0.3) is 22.5 Å². The summed E-state index contributed by atoms with van der Waals surface area (Å²) in [6, 6.07) is 10.7. The van der Waals surface area contributed by atoms with Gasteiger partial charge in [0, 0.05) is 28.8 Å². The standard InChI is InChI=1S/C30H29ClFN5O4/c1-16-6-4-9-24(37-15-33-22(14-25(37)38)19-7-5-8-21(31)27(19)32)29-34-17(2)28(36-29)20-11-10-18(13-26(39)41-3)12-23(20)35-30(16)40/h5,7-8,10-12,14-16,24H,4,6,9,13H2,1-3H3,(H,34,36)(H,35,40)/t16-,24+/m1/s1.